The van der Waals surface area contributed by atoms with Crippen molar-refractivity contribution in [2.45, 2.75) is 25.3 Å². The molecule has 1 aliphatic heterocycles. The van der Waals surface area contributed by atoms with Gasteiger partial charge < -0.3 is 15.6 Å². The Bertz CT molecular complexity index is 1800. The molecule has 37 heavy (non-hydrogen) atoms. The molecule has 4 aromatic heterocycles. The molecule has 0 radical (unpaired) electrons. The van der Waals surface area contributed by atoms with E-state index in [4.69, 9.17) is 15.7 Å². The standard InChI is InChI=1S/C30H27N7/c31-26-20-6-2-1-5-19(20)17-30(26)10-14-36(15-11-30)29-35-27-25(28-33-13-16-37(28)29)23(18-34-27)21-9-12-32-24-8-4-3-7-22(21)24/h1-9,12-13,16,18,26,34H,10-11,14-15,17,31H2/t26-/m1/s1. The number of hydrogen-bond acceptors (Lipinski definition) is 5. The van der Waals surface area contributed by atoms with Crippen LogP contribution in [-0.2, 0) is 6.42 Å². The van der Waals surface area contributed by atoms with E-state index in [1.807, 2.05) is 30.7 Å². The van der Waals surface area contributed by atoms with Gasteiger partial charge in [-0.05, 0) is 53.5 Å². The summed E-state index contributed by atoms with van der Waals surface area (Å²) in [5, 5.41) is 2.15. The van der Waals surface area contributed by atoms with Crippen LogP contribution in [0.25, 0.3) is 38.7 Å². The number of nitrogens with zero attached hydrogens (tertiary/aromatic N) is 5. The number of anilines is 1. The zero-order valence-electron chi connectivity index (χ0n) is 20.4. The van der Waals surface area contributed by atoms with Crippen LogP contribution in [0.3, 0.4) is 0 Å². The van der Waals surface area contributed by atoms with Crippen molar-refractivity contribution >= 4 is 33.5 Å². The van der Waals surface area contributed by atoms with Crippen LogP contribution in [0.1, 0.15) is 30.0 Å². The second-order valence-electron chi connectivity index (χ2n) is 10.5. The molecule has 7 heteroatoms. The fourth-order valence-electron chi connectivity index (χ4n) is 6.75. The van der Waals surface area contributed by atoms with E-state index in [0.717, 1.165) is 77.0 Å². The van der Waals surface area contributed by atoms with Gasteiger partial charge in [0.2, 0.25) is 5.95 Å². The number of aromatic amines is 1. The molecule has 3 N–H and O–H groups in total. The number of hydrogen-bond donors (Lipinski definition) is 2. The van der Waals surface area contributed by atoms with Crippen LogP contribution >= 0.6 is 0 Å². The van der Waals surface area contributed by atoms with Gasteiger partial charge in [-0.2, -0.15) is 4.98 Å². The maximum Gasteiger partial charge on any atom is 0.213 e. The van der Waals surface area contributed by atoms with Gasteiger partial charge in [-0.15, -0.1) is 0 Å². The monoisotopic (exact) mass is 485 g/mol. The lowest BCUT2D eigenvalue weighted by atomic mass is 9.73. The topological polar surface area (TPSA) is 88.1 Å². The van der Waals surface area contributed by atoms with Crippen LogP contribution in [0.5, 0.6) is 0 Å². The average molecular weight is 486 g/mol. The molecule has 8 rings (SSSR count). The third kappa shape index (κ3) is 2.95. The van der Waals surface area contributed by atoms with E-state index >= 15 is 0 Å². The van der Waals surface area contributed by atoms with Gasteiger partial charge in [0.25, 0.3) is 0 Å². The molecule has 7 nitrogen and oxygen atoms in total. The highest BCUT2D eigenvalue weighted by atomic mass is 15.3. The molecule has 1 fully saturated rings. The summed E-state index contributed by atoms with van der Waals surface area (Å²) >= 11 is 0. The average Bonchev–Trinajstić information content (AvgIpc) is 3.65. The predicted octanol–water partition coefficient (Wildman–Crippen LogP) is 5.27. The van der Waals surface area contributed by atoms with Crippen molar-refractivity contribution in [3.05, 3.63) is 90.5 Å². The van der Waals surface area contributed by atoms with Gasteiger partial charge in [0, 0.05) is 54.9 Å². The third-order valence-electron chi connectivity index (χ3n) is 8.72. The van der Waals surface area contributed by atoms with E-state index in [1.165, 1.54) is 11.1 Å². The van der Waals surface area contributed by atoms with Gasteiger partial charge in [0.1, 0.15) is 5.65 Å². The molecule has 5 heterocycles. The molecule has 0 amide bonds. The number of nitrogens with one attached hydrogen (secondary N) is 1. The van der Waals surface area contributed by atoms with Crippen LogP contribution < -0.4 is 10.6 Å². The van der Waals surface area contributed by atoms with Crippen molar-refractivity contribution in [3.8, 4) is 11.1 Å². The smallest absolute Gasteiger partial charge is 0.213 e. The Balaban J connectivity index is 1.18. The molecular formula is C30H27N7. The molecule has 1 atom stereocenters. The van der Waals surface area contributed by atoms with Crippen molar-refractivity contribution in [2.24, 2.45) is 11.1 Å². The second kappa shape index (κ2) is 7.63. The first-order valence-corrected chi connectivity index (χ1v) is 13.0. The van der Waals surface area contributed by atoms with Crippen molar-refractivity contribution in [2.75, 3.05) is 18.0 Å². The van der Waals surface area contributed by atoms with E-state index in [-0.39, 0.29) is 11.5 Å². The Kier molecular flexibility index (Phi) is 4.31. The first kappa shape index (κ1) is 20.9. The van der Waals surface area contributed by atoms with Crippen LogP contribution in [0.2, 0.25) is 0 Å². The summed E-state index contributed by atoms with van der Waals surface area (Å²) in [4.78, 5) is 20.3. The van der Waals surface area contributed by atoms with Crippen LogP contribution in [0.4, 0.5) is 5.95 Å². The summed E-state index contributed by atoms with van der Waals surface area (Å²) in [6, 6.07) is 19.1. The Morgan fingerprint density at radius 1 is 0.919 bits per heavy atom. The number of imidazole rings is 1. The maximum atomic E-state index is 6.83. The minimum absolute atomic E-state index is 0.107. The summed E-state index contributed by atoms with van der Waals surface area (Å²) in [7, 11) is 0. The summed E-state index contributed by atoms with van der Waals surface area (Å²) in [6.45, 7) is 1.85. The quantitative estimate of drug-likeness (QED) is 0.349. The number of rotatable bonds is 2. The predicted molar refractivity (Wildman–Crippen MR) is 147 cm³/mol. The molecular weight excluding hydrogens is 458 g/mol. The number of fused-ring (bicyclic) bond motifs is 5. The van der Waals surface area contributed by atoms with Crippen molar-refractivity contribution in [1.82, 2.24) is 24.3 Å². The van der Waals surface area contributed by atoms with Crippen molar-refractivity contribution in [1.29, 1.82) is 0 Å². The first-order chi connectivity index (χ1) is 18.2. The zero-order valence-corrected chi connectivity index (χ0v) is 20.4. The van der Waals surface area contributed by atoms with E-state index in [1.54, 1.807) is 0 Å². The largest absolute Gasteiger partial charge is 0.345 e. The Morgan fingerprint density at radius 3 is 2.65 bits per heavy atom. The fourth-order valence-corrected chi connectivity index (χ4v) is 6.75. The molecule has 1 saturated heterocycles. The zero-order chi connectivity index (χ0) is 24.6. The Hall–Kier alpha value is -4.23. The Morgan fingerprint density at radius 2 is 1.76 bits per heavy atom. The van der Waals surface area contributed by atoms with Gasteiger partial charge >= 0.3 is 0 Å². The molecule has 1 spiro atoms. The molecule has 0 unspecified atom stereocenters. The highest BCUT2D eigenvalue weighted by Crippen LogP contribution is 2.51. The van der Waals surface area contributed by atoms with Crippen LogP contribution in [-0.4, -0.2) is 37.4 Å². The van der Waals surface area contributed by atoms with E-state index in [9.17, 15) is 0 Å². The highest BCUT2D eigenvalue weighted by Gasteiger charge is 2.46. The second-order valence-corrected chi connectivity index (χ2v) is 10.5. The molecule has 2 aliphatic rings. The SMILES string of the molecule is N[C@@H]1c2ccccc2CC12CCN(c1nc3[nH]cc(-c4ccnc5ccccc45)c3c3nccn13)CC2. The van der Waals surface area contributed by atoms with Gasteiger partial charge in [-0.1, -0.05) is 42.5 Å². The number of piperidine rings is 1. The molecule has 6 aromatic rings. The third-order valence-corrected chi connectivity index (χ3v) is 8.72. The number of pyridine rings is 1. The molecule has 1 aliphatic carbocycles. The minimum atomic E-state index is 0.107. The van der Waals surface area contributed by atoms with Gasteiger partial charge in [-0.3, -0.25) is 9.38 Å². The minimum Gasteiger partial charge on any atom is -0.345 e. The molecule has 0 saturated carbocycles. The number of nitrogens with two attached hydrogens (primary N) is 1. The number of H-pyrrole nitrogens is 1. The Labute approximate surface area is 214 Å². The summed E-state index contributed by atoms with van der Waals surface area (Å²) in [6.07, 6.45) is 11.0. The van der Waals surface area contributed by atoms with Crippen molar-refractivity contribution in [3.63, 3.8) is 0 Å². The summed E-state index contributed by atoms with van der Waals surface area (Å²) < 4.78 is 2.14. The van der Waals surface area contributed by atoms with Crippen LogP contribution in [0, 0.1) is 5.41 Å². The fraction of sp³-hybridized carbons (Fsp3) is 0.233. The van der Waals surface area contributed by atoms with Crippen LogP contribution in [0.15, 0.2) is 79.4 Å². The van der Waals surface area contributed by atoms with Gasteiger partial charge in [-0.25, -0.2) is 4.98 Å². The highest BCUT2D eigenvalue weighted by molar-refractivity contribution is 6.08. The lowest BCUT2D eigenvalue weighted by Crippen LogP contribution is -2.45. The van der Waals surface area contributed by atoms with Gasteiger partial charge in [0.15, 0.2) is 5.65 Å². The molecule has 0 bridgehead atoms. The van der Waals surface area contributed by atoms with E-state index in [2.05, 4.69) is 67.9 Å². The summed E-state index contributed by atoms with van der Waals surface area (Å²) in [5.41, 5.74) is 14.7. The maximum absolute atomic E-state index is 6.83. The summed E-state index contributed by atoms with van der Waals surface area (Å²) in [5.74, 6) is 0.937. The normalized spacial score (nSPS) is 18.8. The van der Waals surface area contributed by atoms with E-state index in [0.29, 0.717) is 0 Å². The lowest BCUT2D eigenvalue weighted by Gasteiger charge is -2.42. The number of aromatic nitrogens is 5. The number of para-hydroxylation sites is 1. The van der Waals surface area contributed by atoms with Gasteiger partial charge in [0.05, 0.1) is 10.9 Å². The molecule has 2 aromatic carbocycles. The van der Waals surface area contributed by atoms with E-state index < -0.39 is 0 Å². The number of benzene rings is 2. The first-order valence-electron chi connectivity index (χ1n) is 13.0. The van der Waals surface area contributed by atoms with Crippen molar-refractivity contribution < 1.29 is 0 Å². The molecule has 182 valence electrons. The lowest BCUT2D eigenvalue weighted by molar-refractivity contribution is 0.187.